The van der Waals surface area contributed by atoms with Gasteiger partial charge in [-0.3, -0.25) is 14.8 Å². The molecule has 112 valence electrons. The average Bonchev–Trinajstić information content (AvgIpc) is 2.85. The van der Waals surface area contributed by atoms with E-state index in [9.17, 15) is 13.2 Å². The molecule has 1 amide bonds. The van der Waals surface area contributed by atoms with E-state index in [1.165, 1.54) is 23.5 Å². The number of sulfonamides is 1. The molecule has 21 heavy (non-hydrogen) atoms. The lowest BCUT2D eigenvalue weighted by Crippen LogP contribution is -2.17. The van der Waals surface area contributed by atoms with Gasteiger partial charge in [0.15, 0.2) is 0 Å². The maximum Gasteiger partial charge on any atom is 0.259 e. The minimum Gasteiger partial charge on any atom is -0.296 e. The van der Waals surface area contributed by atoms with E-state index in [1.54, 1.807) is 12.1 Å². The standard InChI is InChI=1S/C12H14N4O3S2/c1-3-10-14-15-12(20-10)13-11(17)8-6-4-5-7-9(8)16-21(2,18)19/h4-7,16H,3H2,1-2H3,(H,13,15,17). The molecule has 2 aromatic rings. The molecule has 0 saturated carbocycles. The molecule has 0 fully saturated rings. The summed E-state index contributed by atoms with van der Waals surface area (Å²) in [4.78, 5) is 12.2. The summed E-state index contributed by atoms with van der Waals surface area (Å²) in [7, 11) is -3.46. The second-order valence-corrected chi connectivity index (χ2v) is 7.04. The number of hydrogen-bond donors (Lipinski definition) is 2. The maximum atomic E-state index is 12.2. The van der Waals surface area contributed by atoms with Crippen molar-refractivity contribution in [1.82, 2.24) is 10.2 Å². The molecule has 0 aliphatic carbocycles. The zero-order valence-electron chi connectivity index (χ0n) is 11.5. The van der Waals surface area contributed by atoms with Crippen molar-refractivity contribution in [3.05, 3.63) is 34.8 Å². The third kappa shape index (κ3) is 4.23. The van der Waals surface area contributed by atoms with Crippen LogP contribution in [0.5, 0.6) is 0 Å². The number of hydrogen-bond acceptors (Lipinski definition) is 6. The van der Waals surface area contributed by atoms with Gasteiger partial charge in [0, 0.05) is 0 Å². The van der Waals surface area contributed by atoms with Gasteiger partial charge >= 0.3 is 0 Å². The van der Waals surface area contributed by atoms with Gasteiger partial charge in [0.05, 0.1) is 17.5 Å². The van der Waals surface area contributed by atoms with Crippen LogP contribution in [0.3, 0.4) is 0 Å². The normalized spacial score (nSPS) is 11.1. The summed E-state index contributed by atoms with van der Waals surface area (Å²) in [6.07, 6.45) is 1.76. The van der Waals surface area contributed by atoms with Gasteiger partial charge in [-0.05, 0) is 18.6 Å². The molecule has 2 rings (SSSR count). The van der Waals surface area contributed by atoms with Crippen molar-refractivity contribution in [2.24, 2.45) is 0 Å². The van der Waals surface area contributed by atoms with Crippen molar-refractivity contribution in [1.29, 1.82) is 0 Å². The Balaban J connectivity index is 2.23. The Morgan fingerprint density at radius 3 is 2.62 bits per heavy atom. The monoisotopic (exact) mass is 326 g/mol. The molecule has 1 aromatic carbocycles. The van der Waals surface area contributed by atoms with Crippen LogP contribution in [0.4, 0.5) is 10.8 Å². The molecule has 0 radical (unpaired) electrons. The fourth-order valence-electron chi connectivity index (χ4n) is 1.58. The molecule has 0 bridgehead atoms. The van der Waals surface area contributed by atoms with Crippen LogP contribution in [-0.4, -0.2) is 30.8 Å². The minimum absolute atomic E-state index is 0.219. The predicted molar refractivity (Wildman–Crippen MR) is 82.1 cm³/mol. The summed E-state index contributed by atoms with van der Waals surface area (Å²) >= 11 is 1.28. The Morgan fingerprint density at radius 1 is 1.29 bits per heavy atom. The van der Waals surface area contributed by atoms with Crippen LogP contribution < -0.4 is 10.0 Å². The van der Waals surface area contributed by atoms with Crippen molar-refractivity contribution in [3.8, 4) is 0 Å². The molecule has 1 aromatic heterocycles. The Kier molecular flexibility index (Phi) is 4.53. The van der Waals surface area contributed by atoms with Crippen LogP contribution >= 0.6 is 11.3 Å². The van der Waals surface area contributed by atoms with Gasteiger partial charge < -0.3 is 0 Å². The van der Waals surface area contributed by atoms with Gasteiger partial charge in [-0.1, -0.05) is 30.4 Å². The highest BCUT2D eigenvalue weighted by molar-refractivity contribution is 7.92. The van der Waals surface area contributed by atoms with E-state index >= 15 is 0 Å². The van der Waals surface area contributed by atoms with Crippen molar-refractivity contribution in [2.75, 3.05) is 16.3 Å². The Morgan fingerprint density at radius 2 is 2.00 bits per heavy atom. The van der Waals surface area contributed by atoms with Gasteiger partial charge in [-0.2, -0.15) is 0 Å². The number of aryl methyl sites for hydroxylation is 1. The first-order valence-electron chi connectivity index (χ1n) is 6.09. The van der Waals surface area contributed by atoms with Crippen LogP contribution in [0.1, 0.15) is 22.3 Å². The highest BCUT2D eigenvalue weighted by atomic mass is 32.2. The number of rotatable bonds is 5. The highest BCUT2D eigenvalue weighted by Crippen LogP contribution is 2.20. The van der Waals surface area contributed by atoms with Crippen molar-refractivity contribution < 1.29 is 13.2 Å². The van der Waals surface area contributed by atoms with Crippen LogP contribution in [0, 0.1) is 0 Å². The van der Waals surface area contributed by atoms with Gasteiger partial charge in [-0.25, -0.2) is 8.42 Å². The Bertz CT molecular complexity index is 755. The van der Waals surface area contributed by atoms with Crippen LogP contribution in [0.2, 0.25) is 0 Å². The van der Waals surface area contributed by atoms with Crippen LogP contribution in [0.15, 0.2) is 24.3 Å². The van der Waals surface area contributed by atoms with Gasteiger partial charge in [0.25, 0.3) is 5.91 Å². The molecule has 9 heteroatoms. The number of nitrogens with zero attached hydrogens (tertiary/aromatic N) is 2. The van der Waals surface area contributed by atoms with E-state index in [4.69, 9.17) is 0 Å². The van der Waals surface area contributed by atoms with Crippen molar-refractivity contribution in [2.45, 2.75) is 13.3 Å². The summed E-state index contributed by atoms with van der Waals surface area (Å²) in [5.41, 5.74) is 0.439. The lowest BCUT2D eigenvalue weighted by atomic mass is 10.2. The lowest BCUT2D eigenvalue weighted by Gasteiger charge is -2.09. The molecule has 7 nitrogen and oxygen atoms in total. The number of benzene rings is 1. The first-order valence-corrected chi connectivity index (χ1v) is 8.80. The van der Waals surface area contributed by atoms with Gasteiger partial charge in [-0.15, -0.1) is 10.2 Å². The van der Waals surface area contributed by atoms with E-state index in [0.29, 0.717) is 5.13 Å². The predicted octanol–water partition coefficient (Wildman–Crippen LogP) is 1.72. The molecule has 1 heterocycles. The number of carbonyl (C=O) groups excluding carboxylic acids is 1. The lowest BCUT2D eigenvalue weighted by molar-refractivity contribution is 0.102. The SMILES string of the molecule is CCc1nnc(NC(=O)c2ccccc2NS(C)(=O)=O)s1. The number of anilines is 2. The Hall–Kier alpha value is -2.00. The zero-order chi connectivity index (χ0) is 15.5. The van der Waals surface area contributed by atoms with E-state index in [0.717, 1.165) is 17.7 Å². The van der Waals surface area contributed by atoms with E-state index in [2.05, 4.69) is 20.2 Å². The fourth-order valence-corrected chi connectivity index (χ4v) is 2.83. The van der Waals surface area contributed by atoms with Crippen LogP contribution in [-0.2, 0) is 16.4 Å². The molecule has 0 atom stereocenters. The molecular weight excluding hydrogens is 312 g/mol. The average molecular weight is 326 g/mol. The smallest absolute Gasteiger partial charge is 0.259 e. The van der Waals surface area contributed by atoms with E-state index in [-0.39, 0.29) is 11.3 Å². The largest absolute Gasteiger partial charge is 0.296 e. The summed E-state index contributed by atoms with van der Waals surface area (Å²) in [5.74, 6) is -0.444. The zero-order valence-corrected chi connectivity index (χ0v) is 13.1. The van der Waals surface area contributed by atoms with Crippen LogP contribution in [0.25, 0.3) is 0 Å². The second-order valence-electron chi connectivity index (χ2n) is 4.23. The summed E-state index contributed by atoms with van der Waals surface area (Å²) in [5, 5.41) is 11.6. The van der Waals surface area contributed by atoms with Crippen molar-refractivity contribution >= 4 is 38.1 Å². The first kappa shape index (κ1) is 15.4. The summed E-state index contributed by atoms with van der Waals surface area (Å²) in [6.45, 7) is 1.94. The van der Waals surface area contributed by atoms with E-state index in [1.807, 2.05) is 6.92 Å². The molecule has 0 unspecified atom stereocenters. The number of aromatic nitrogens is 2. The highest BCUT2D eigenvalue weighted by Gasteiger charge is 2.15. The number of carbonyl (C=O) groups is 1. The molecule has 0 spiro atoms. The number of amides is 1. The minimum atomic E-state index is -3.46. The Labute approximate surface area is 126 Å². The van der Waals surface area contributed by atoms with Crippen molar-refractivity contribution in [3.63, 3.8) is 0 Å². The quantitative estimate of drug-likeness (QED) is 0.871. The summed E-state index contributed by atoms with van der Waals surface area (Å²) < 4.78 is 24.9. The third-order valence-corrected chi connectivity index (χ3v) is 4.03. The first-order chi connectivity index (χ1) is 9.89. The summed E-state index contributed by atoms with van der Waals surface area (Å²) in [6, 6.07) is 6.35. The molecule has 0 saturated heterocycles. The molecule has 0 aliphatic rings. The van der Waals surface area contributed by atoms with E-state index < -0.39 is 15.9 Å². The van der Waals surface area contributed by atoms with Gasteiger partial charge in [0.2, 0.25) is 15.2 Å². The molecule has 2 N–H and O–H groups in total. The topological polar surface area (TPSA) is 101 Å². The third-order valence-electron chi connectivity index (χ3n) is 2.46. The second kappa shape index (κ2) is 6.19. The molecular formula is C12H14N4O3S2. The van der Waals surface area contributed by atoms with Gasteiger partial charge in [0.1, 0.15) is 5.01 Å². The molecule has 0 aliphatic heterocycles. The fraction of sp³-hybridized carbons (Fsp3) is 0.250. The number of nitrogens with one attached hydrogen (secondary N) is 2. The maximum absolute atomic E-state index is 12.2. The number of para-hydroxylation sites is 1.